The van der Waals surface area contributed by atoms with Crippen LogP contribution in [0.25, 0.3) is 6.08 Å². The van der Waals surface area contributed by atoms with Gasteiger partial charge in [-0.3, -0.25) is 14.9 Å². The van der Waals surface area contributed by atoms with Crippen LogP contribution in [0.3, 0.4) is 0 Å². The Hall–Kier alpha value is -3.14. The van der Waals surface area contributed by atoms with Gasteiger partial charge in [0, 0.05) is 19.7 Å². The Morgan fingerprint density at radius 2 is 2.08 bits per heavy atom. The second kappa shape index (κ2) is 8.81. The van der Waals surface area contributed by atoms with Gasteiger partial charge in [0.1, 0.15) is 0 Å². The topological polar surface area (TPSA) is 126 Å². The first-order chi connectivity index (χ1) is 12.4. The Morgan fingerprint density at radius 1 is 1.38 bits per heavy atom. The highest BCUT2D eigenvalue weighted by atomic mass is 16.7. The van der Waals surface area contributed by atoms with Gasteiger partial charge in [0.05, 0.1) is 23.2 Å². The molecule has 1 aromatic rings. The summed E-state index contributed by atoms with van der Waals surface area (Å²) in [5, 5.41) is 13.7. The highest BCUT2D eigenvalue weighted by molar-refractivity contribution is 5.91. The van der Waals surface area contributed by atoms with Crippen molar-refractivity contribution in [2.24, 2.45) is 0 Å². The molecular weight excluding hydrogens is 348 g/mol. The van der Waals surface area contributed by atoms with E-state index in [2.05, 4.69) is 5.32 Å². The lowest BCUT2D eigenvalue weighted by molar-refractivity contribution is -0.385. The van der Waals surface area contributed by atoms with Gasteiger partial charge in [0.2, 0.25) is 6.79 Å². The van der Waals surface area contributed by atoms with Crippen LogP contribution < -0.4 is 14.8 Å². The van der Waals surface area contributed by atoms with Crippen LogP contribution in [0.1, 0.15) is 12.5 Å². The molecule has 0 aliphatic carbocycles. The molecule has 0 spiro atoms. The van der Waals surface area contributed by atoms with Gasteiger partial charge >= 0.3 is 5.97 Å². The largest absolute Gasteiger partial charge is 0.454 e. The highest BCUT2D eigenvalue weighted by Crippen LogP contribution is 2.38. The normalized spacial score (nSPS) is 13.5. The summed E-state index contributed by atoms with van der Waals surface area (Å²) in [4.78, 5) is 34.1. The maximum absolute atomic E-state index is 11.8. The van der Waals surface area contributed by atoms with E-state index in [0.29, 0.717) is 12.4 Å². The fourth-order valence-corrected chi connectivity index (χ4v) is 2.08. The van der Waals surface area contributed by atoms with E-state index in [9.17, 15) is 19.7 Å². The first-order valence-corrected chi connectivity index (χ1v) is 7.65. The van der Waals surface area contributed by atoms with E-state index in [0.717, 1.165) is 6.08 Å². The van der Waals surface area contributed by atoms with E-state index >= 15 is 0 Å². The number of ether oxygens (including phenoxy) is 4. The average molecular weight is 366 g/mol. The highest BCUT2D eigenvalue weighted by Gasteiger charge is 2.22. The van der Waals surface area contributed by atoms with Crippen LogP contribution in [0.5, 0.6) is 11.5 Å². The van der Waals surface area contributed by atoms with E-state index in [1.807, 2.05) is 0 Å². The predicted molar refractivity (Wildman–Crippen MR) is 88.7 cm³/mol. The molecule has 0 bridgehead atoms. The summed E-state index contributed by atoms with van der Waals surface area (Å²) in [6.07, 6.45) is 1.21. The summed E-state index contributed by atoms with van der Waals surface area (Å²) >= 11 is 0. The molecule has 1 aliphatic heterocycles. The zero-order valence-electron chi connectivity index (χ0n) is 14.2. The van der Waals surface area contributed by atoms with Gasteiger partial charge in [0.15, 0.2) is 17.6 Å². The number of fused-ring (bicyclic) bond motifs is 1. The van der Waals surface area contributed by atoms with Crippen LogP contribution in [-0.2, 0) is 19.1 Å². The molecule has 10 nitrogen and oxygen atoms in total. The number of methoxy groups -OCH3 is 1. The second-order valence-corrected chi connectivity index (χ2v) is 5.22. The molecule has 0 fully saturated rings. The number of nitrogens with zero attached hydrogens (tertiary/aromatic N) is 1. The molecule has 0 saturated carbocycles. The van der Waals surface area contributed by atoms with Crippen molar-refractivity contribution in [3.8, 4) is 11.5 Å². The maximum Gasteiger partial charge on any atom is 0.331 e. The van der Waals surface area contributed by atoms with Crippen molar-refractivity contribution in [2.75, 3.05) is 27.1 Å². The summed E-state index contributed by atoms with van der Waals surface area (Å²) < 4.78 is 20.0. The predicted octanol–water partition coefficient (Wildman–Crippen LogP) is 1.03. The zero-order valence-corrected chi connectivity index (χ0v) is 14.2. The van der Waals surface area contributed by atoms with E-state index in [1.165, 1.54) is 32.2 Å². The minimum Gasteiger partial charge on any atom is -0.454 e. The molecule has 26 heavy (non-hydrogen) atoms. The van der Waals surface area contributed by atoms with E-state index in [1.54, 1.807) is 0 Å². The summed E-state index contributed by atoms with van der Waals surface area (Å²) in [5.41, 5.74) is -0.0999. The van der Waals surface area contributed by atoms with Gasteiger partial charge < -0.3 is 24.3 Å². The maximum atomic E-state index is 11.8. The van der Waals surface area contributed by atoms with E-state index in [-0.39, 0.29) is 30.3 Å². The number of nitrogens with one attached hydrogen (secondary N) is 1. The Kier molecular flexibility index (Phi) is 6.50. The molecular formula is C16H18N2O8. The standard InChI is InChI=1S/C16H18N2O8/c1-10(16(20)17-5-6-23-2)26-15(19)4-3-11-7-13-14(25-9-24-13)8-12(11)18(21)22/h3-4,7-8,10H,5-6,9H2,1-2H3,(H,17,20)/b4-3+/t10-/m1/s1. The van der Waals surface area contributed by atoms with Crippen molar-refractivity contribution >= 4 is 23.6 Å². The first kappa shape index (κ1) is 19.2. The van der Waals surface area contributed by atoms with Crippen molar-refractivity contribution in [3.63, 3.8) is 0 Å². The molecule has 2 rings (SSSR count). The van der Waals surface area contributed by atoms with Gasteiger partial charge in [-0.25, -0.2) is 4.79 Å². The summed E-state index contributed by atoms with van der Waals surface area (Å²) in [6, 6.07) is 2.62. The lowest BCUT2D eigenvalue weighted by atomic mass is 10.1. The minimum atomic E-state index is -1.02. The van der Waals surface area contributed by atoms with Gasteiger partial charge in [-0.2, -0.15) is 0 Å². The number of carbonyl (C=O) groups is 2. The summed E-state index contributed by atoms with van der Waals surface area (Å²) in [6.45, 7) is 2.00. The van der Waals surface area contributed by atoms with Gasteiger partial charge in [0.25, 0.3) is 11.6 Å². The molecule has 140 valence electrons. The number of benzene rings is 1. The van der Waals surface area contributed by atoms with Crippen LogP contribution >= 0.6 is 0 Å². The minimum absolute atomic E-state index is 0.0304. The Labute approximate surface area is 148 Å². The van der Waals surface area contributed by atoms with Crippen LogP contribution in [0.4, 0.5) is 5.69 Å². The van der Waals surface area contributed by atoms with Crippen molar-refractivity contribution in [2.45, 2.75) is 13.0 Å². The number of nitro groups is 1. The summed E-state index contributed by atoms with van der Waals surface area (Å²) in [7, 11) is 1.50. The molecule has 1 N–H and O–H groups in total. The number of carbonyl (C=O) groups excluding carboxylic acids is 2. The van der Waals surface area contributed by atoms with Crippen LogP contribution in [0.15, 0.2) is 18.2 Å². The van der Waals surface area contributed by atoms with Crippen molar-refractivity contribution in [1.82, 2.24) is 5.32 Å². The van der Waals surface area contributed by atoms with Crippen molar-refractivity contribution in [3.05, 3.63) is 33.9 Å². The number of nitro benzene ring substituents is 1. The van der Waals surface area contributed by atoms with Crippen molar-refractivity contribution < 1.29 is 33.5 Å². The quantitative estimate of drug-likeness (QED) is 0.238. The molecule has 1 aromatic carbocycles. The Balaban J connectivity index is 2.01. The van der Waals surface area contributed by atoms with E-state index < -0.39 is 22.9 Å². The SMILES string of the molecule is COCCNC(=O)[C@@H](C)OC(=O)/C=C/c1cc2c(cc1[N+](=O)[O-])OCO2. The molecule has 0 aromatic heterocycles. The van der Waals surface area contributed by atoms with Crippen LogP contribution in [0.2, 0.25) is 0 Å². The fraction of sp³-hybridized carbons (Fsp3) is 0.375. The fourth-order valence-electron chi connectivity index (χ4n) is 2.08. The number of hydrogen-bond acceptors (Lipinski definition) is 8. The monoisotopic (exact) mass is 366 g/mol. The molecule has 1 aliphatic rings. The summed E-state index contributed by atoms with van der Waals surface area (Å²) in [5.74, 6) is -0.684. The third kappa shape index (κ3) is 4.93. The van der Waals surface area contributed by atoms with Crippen LogP contribution in [0, 0.1) is 10.1 Å². The molecule has 1 amide bonds. The van der Waals surface area contributed by atoms with Gasteiger partial charge in [-0.05, 0) is 19.1 Å². The third-order valence-electron chi connectivity index (χ3n) is 3.39. The molecule has 1 heterocycles. The molecule has 10 heteroatoms. The first-order valence-electron chi connectivity index (χ1n) is 7.65. The zero-order chi connectivity index (χ0) is 19.1. The lowest BCUT2D eigenvalue weighted by Gasteiger charge is -2.11. The molecule has 0 unspecified atom stereocenters. The number of hydrogen-bond donors (Lipinski definition) is 1. The molecule has 0 saturated heterocycles. The average Bonchev–Trinajstić information content (AvgIpc) is 3.06. The van der Waals surface area contributed by atoms with Gasteiger partial charge in [-0.15, -0.1) is 0 Å². The van der Waals surface area contributed by atoms with Gasteiger partial charge in [-0.1, -0.05) is 0 Å². The van der Waals surface area contributed by atoms with E-state index in [4.69, 9.17) is 18.9 Å². The Bertz CT molecular complexity index is 731. The smallest absolute Gasteiger partial charge is 0.331 e. The number of rotatable bonds is 8. The third-order valence-corrected chi connectivity index (χ3v) is 3.39. The lowest BCUT2D eigenvalue weighted by Crippen LogP contribution is -2.37. The van der Waals surface area contributed by atoms with Crippen molar-refractivity contribution in [1.29, 1.82) is 0 Å². The van der Waals surface area contributed by atoms with Crippen LogP contribution in [-0.4, -0.2) is 50.0 Å². The number of esters is 1. The second-order valence-electron chi connectivity index (χ2n) is 5.22. The number of amides is 1. The molecule has 0 radical (unpaired) electrons. The Morgan fingerprint density at radius 3 is 2.73 bits per heavy atom. The molecule has 1 atom stereocenters.